The van der Waals surface area contributed by atoms with E-state index in [1.807, 2.05) is 12.1 Å². The van der Waals surface area contributed by atoms with Crippen LogP contribution in [0.25, 0.3) is 0 Å². The lowest BCUT2D eigenvalue weighted by Gasteiger charge is -2.06. The van der Waals surface area contributed by atoms with Crippen molar-refractivity contribution < 1.29 is 9.59 Å². The summed E-state index contributed by atoms with van der Waals surface area (Å²) in [6.07, 6.45) is 3.03. The summed E-state index contributed by atoms with van der Waals surface area (Å²) in [6, 6.07) is 7.10. The van der Waals surface area contributed by atoms with E-state index in [4.69, 9.17) is 11.6 Å². The van der Waals surface area contributed by atoms with Gasteiger partial charge in [0.1, 0.15) is 0 Å². The molecule has 0 saturated carbocycles. The van der Waals surface area contributed by atoms with E-state index < -0.39 is 11.8 Å². The Hall–Kier alpha value is -1.55. The van der Waals surface area contributed by atoms with E-state index in [1.54, 1.807) is 12.1 Å². The lowest BCUT2D eigenvalue weighted by Crippen LogP contribution is -2.39. The van der Waals surface area contributed by atoms with E-state index >= 15 is 0 Å². The van der Waals surface area contributed by atoms with Crippen molar-refractivity contribution in [1.29, 1.82) is 0 Å². The van der Waals surface area contributed by atoms with E-state index in [2.05, 4.69) is 17.6 Å². The zero-order valence-electron chi connectivity index (χ0n) is 11.0. The number of hydrogen-bond donors (Lipinski definition) is 2. The Bertz CT molecular complexity index is 418. The van der Waals surface area contributed by atoms with Crippen molar-refractivity contribution in [2.45, 2.75) is 32.7 Å². The Morgan fingerprint density at radius 2 is 1.68 bits per heavy atom. The van der Waals surface area contributed by atoms with Crippen LogP contribution in [0.4, 0.5) is 0 Å². The van der Waals surface area contributed by atoms with Crippen molar-refractivity contribution in [1.82, 2.24) is 10.6 Å². The van der Waals surface area contributed by atoms with Gasteiger partial charge in [-0.25, -0.2) is 0 Å². The first-order valence-electron chi connectivity index (χ1n) is 6.44. The van der Waals surface area contributed by atoms with Crippen LogP contribution in [0.15, 0.2) is 24.3 Å². The number of nitrogens with one attached hydrogen (secondary N) is 2. The summed E-state index contributed by atoms with van der Waals surface area (Å²) in [4.78, 5) is 22.9. The largest absolute Gasteiger partial charge is 0.348 e. The second kappa shape index (κ2) is 8.53. The van der Waals surface area contributed by atoms with Gasteiger partial charge in [0.05, 0.1) is 0 Å². The molecule has 0 radical (unpaired) electrons. The van der Waals surface area contributed by atoms with Gasteiger partial charge in [-0.1, -0.05) is 43.5 Å². The topological polar surface area (TPSA) is 58.2 Å². The van der Waals surface area contributed by atoms with Gasteiger partial charge in [-0.2, -0.15) is 0 Å². The average Bonchev–Trinajstić information content (AvgIpc) is 2.42. The number of unbranched alkanes of at least 4 members (excludes halogenated alkanes) is 2. The fourth-order valence-electron chi connectivity index (χ4n) is 1.52. The Balaban J connectivity index is 2.26. The third kappa shape index (κ3) is 6.25. The summed E-state index contributed by atoms with van der Waals surface area (Å²) >= 11 is 5.76. The molecular formula is C14H19ClN2O2. The molecule has 104 valence electrons. The van der Waals surface area contributed by atoms with Gasteiger partial charge >= 0.3 is 11.8 Å². The van der Waals surface area contributed by atoms with Crippen LogP contribution in [0.2, 0.25) is 5.02 Å². The summed E-state index contributed by atoms with van der Waals surface area (Å²) in [5.74, 6) is -1.18. The van der Waals surface area contributed by atoms with Gasteiger partial charge in [0.25, 0.3) is 0 Å². The highest BCUT2D eigenvalue weighted by atomic mass is 35.5. The molecule has 2 N–H and O–H groups in total. The molecule has 19 heavy (non-hydrogen) atoms. The molecule has 1 rings (SSSR count). The number of rotatable bonds is 6. The van der Waals surface area contributed by atoms with E-state index in [1.165, 1.54) is 0 Å². The van der Waals surface area contributed by atoms with Crippen molar-refractivity contribution >= 4 is 23.4 Å². The average molecular weight is 283 g/mol. The maximum Gasteiger partial charge on any atom is 0.309 e. The Kier molecular flexibility index (Phi) is 6.97. The first-order valence-corrected chi connectivity index (χ1v) is 6.81. The van der Waals surface area contributed by atoms with Gasteiger partial charge in [0, 0.05) is 18.1 Å². The van der Waals surface area contributed by atoms with Crippen LogP contribution in [0.5, 0.6) is 0 Å². The minimum absolute atomic E-state index is 0.318. The molecule has 1 aromatic rings. The highest BCUT2D eigenvalue weighted by molar-refractivity contribution is 6.35. The molecule has 0 fully saturated rings. The zero-order valence-corrected chi connectivity index (χ0v) is 11.8. The first-order chi connectivity index (χ1) is 9.13. The Morgan fingerprint density at radius 3 is 2.32 bits per heavy atom. The Morgan fingerprint density at radius 1 is 1.05 bits per heavy atom. The molecule has 0 saturated heterocycles. The monoisotopic (exact) mass is 282 g/mol. The number of carbonyl (C=O) groups excluding carboxylic acids is 2. The molecule has 0 heterocycles. The van der Waals surface area contributed by atoms with Crippen LogP contribution >= 0.6 is 11.6 Å². The highest BCUT2D eigenvalue weighted by Gasteiger charge is 2.11. The molecule has 0 unspecified atom stereocenters. The summed E-state index contributed by atoms with van der Waals surface area (Å²) in [5.41, 5.74) is 0.900. The Labute approximate surface area is 118 Å². The third-order valence-corrected chi connectivity index (χ3v) is 2.89. The molecule has 0 atom stereocenters. The fraction of sp³-hybridized carbons (Fsp3) is 0.429. The smallest absolute Gasteiger partial charge is 0.309 e. The van der Waals surface area contributed by atoms with Crippen LogP contribution in [0.3, 0.4) is 0 Å². The minimum Gasteiger partial charge on any atom is -0.348 e. The molecule has 0 aliphatic rings. The zero-order chi connectivity index (χ0) is 14.1. The van der Waals surface area contributed by atoms with Crippen molar-refractivity contribution in [2.24, 2.45) is 0 Å². The van der Waals surface area contributed by atoms with Crippen LogP contribution in [0.1, 0.15) is 31.7 Å². The molecule has 1 aromatic carbocycles. The standard InChI is InChI=1S/C14H19ClN2O2/c1-2-3-4-9-16-13(18)14(19)17-10-11-5-7-12(15)8-6-11/h5-8H,2-4,9-10H2,1H3,(H,16,18)(H,17,19). The van der Waals surface area contributed by atoms with E-state index in [0.717, 1.165) is 24.8 Å². The number of hydrogen-bond acceptors (Lipinski definition) is 2. The lowest BCUT2D eigenvalue weighted by atomic mass is 10.2. The minimum atomic E-state index is -0.605. The second-order valence-electron chi connectivity index (χ2n) is 4.27. The van der Waals surface area contributed by atoms with Gasteiger partial charge in [0.2, 0.25) is 0 Å². The maximum absolute atomic E-state index is 11.5. The summed E-state index contributed by atoms with van der Waals surface area (Å²) in [7, 11) is 0. The summed E-state index contributed by atoms with van der Waals surface area (Å²) in [5, 5.41) is 5.80. The van der Waals surface area contributed by atoms with Crippen LogP contribution in [0, 0.1) is 0 Å². The predicted octanol–water partition coefficient (Wildman–Crippen LogP) is 2.26. The highest BCUT2D eigenvalue weighted by Crippen LogP contribution is 2.08. The SMILES string of the molecule is CCCCCNC(=O)C(=O)NCc1ccc(Cl)cc1. The van der Waals surface area contributed by atoms with Crippen LogP contribution < -0.4 is 10.6 Å². The summed E-state index contributed by atoms with van der Waals surface area (Å²) < 4.78 is 0. The van der Waals surface area contributed by atoms with Crippen LogP contribution in [-0.2, 0) is 16.1 Å². The van der Waals surface area contributed by atoms with Gasteiger partial charge in [-0.05, 0) is 24.1 Å². The number of benzene rings is 1. The number of carbonyl (C=O) groups is 2. The molecule has 0 bridgehead atoms. The predicted molar refractivity (Wildman–Crippen MR) is 75.8 cm³/mol. The van der Waals surface area contributed by atoms with Gasteiger partial charge in [-0.15, -0.1) is 0 Å². The van der Waals surface area contributed by atoms with E-state index in [0.29, 0.717) is 18.1 Å². The summed E-state index contributed by atoms with van der Waals surface area (Å²) in [6.45, 7) is 2.94. The van der Waals surface area contributed by atoms with E-state index in [9.17, 15) is 9.59 Å². The second-order valence-corrected chi connectivity index (χ2v) is 4.71. The lowest BCUT2D eigenvalue weighted by molar-refractivity contribution is -0.139. The van der Waals surface area contributed by atoms with Crippen molar-refractivity contribution in [2.75, 3.05) is 6.54 Å². The fourth-order valence-corrected chi connectivity index (χ4v) is 1.65. The molecule has 0 aliphatic heterocycles. The van der Waals surface area contributed by atoms with Crippen LogP contribution in [-0.4, -0.2) is 18.4 Å². The molecular weight excluding hydrogens is 264 g/mol. The van der Waals surface area contributed by atoms with Gasteiger partial charge < -0.3 is 10.6 Å². The number of amides is 2. The normalized spacial score (nSPS) is 10.0. The molecule has 0 spiro atoms. The molecule has 2 amide bonds. The van der Waals surface area contributed by atoms with Crippen molar-refractivity contribution in [3.8, 4) is 0 Å². The molecule has 0 aromatic heterocycles. The molecule has 4 nitrogen and oxygen atoms in total. The molecule has 5 heteroatoms. The number of halogens is 1. The maximum atomic E-state index is 11.5. The van der Waals surface area contributed by atoms with Gasteiger partial charge in [0.15, 0.2) is 0 Å². The molecule has 0 aliphatic carbocycles. The first kappa shape index (κ1) is 15.5. The van der Waals surface area contributed by atoms with E-state index in [-0.39, 0.29) is 0 Å². The quantitative estimate of drug-likeness (QED) is 0.621. The third-order valence-electron chi connectivity index (χ3n) is 2.64. The van der Waals surface area contributed by atoms with Crippen molar-refractivity contribution in [3.63, 3.8) is 0 Å². The van der Waals surface area contributed by atoms with Gasteiger partial charge in [-0.3, -0.25) is 9.59 Å². The van der Waals surface area contributed by atoms with Crippen molar-refractivity contribution in [3.05, 3.63) is 34.9 Å².